The van der Waals surface area contributed by atoms with Crippen LogP contribution >= 0.6 is 0 Å². The van der Waals surface area contributed by atoms with E-state index in [-0.39, 0.29) is 5.54 Å². The molecular weight excluding hydrogens is 200 g/mol. The van der Waals surface area contributed by atoms with Crippen LogP contribution in [0, 0.1) is 0 Å². The summed E-state index contributed by atoms with van der Waals surface area (Å²) in [6.45, 7) is 9.01. The largest absolute Gasteiger partial charge is 0.388 e. The molecule has 0 aromatic rings. The van der Waals surface area contributed by atoms with Crippen molar-refractivity contribution in [3.63, 3.8) is 0 Å². The molecule has 0 spiro atoms. The normalized spacial score (nSPS) is 37.5. The lowest BCUT2D eigenvalue weighted by molar-refractivity contribution is -0.0100. The molecular formula is C13H26N2O. The number of β-amino-alcohol motifs (C(OH)–C–C–N with tert-alkyl or cyclic N) is 1. The fourth-order valence-corrected chi connectivity index (χ4v) is 3.22. The molecule has 2 fully saturated rings. The van der Waals surface area contributed by atoms with Gasteiger partial charge in [-0.2, -0.15) is 0 Å². The molecule has 1 saturated carbocycles. The van der Waals surface area contributed by atoms with Gasteiger partial charge in [-0.25, -0.2) is 0 Å². The molecule has 0 aromatic heterocycles. The van der Waals surface area contributed by atoms with E-state index in [0.29, 0.717) is 12.6 Å². The van der Waals surface area contributed by atoms with E-state index in [1.165, 1.54) is 25.7 Å². The van der Waals surface area contributed by atoms with Crippen LogP contribution in [-0.2, 0) is 0 Å². The summed E-state index contributed by atoms with van der Waals surface area (Å²) >= 11 is 0. The van der Waals surface area contributed by atoms with E-state index in [4.69, 9.17) is 0 Å². The van der Waals surface area contributed by atoms with Crippen LogP contribution in [-0.4, -0.2) is 46.8 Å². The second-order valence-electron chi connectivity index (χ2n) is 6.48. The maximum Gasteiger partial charge on any atom is 0.0870 e. The maximum absolute atomic E-state index is 10.3. The van der Waals surface area contributed by atoms with Gasteiger partial charge in [0.15, 0.2) is 0 Å². The van der Waals surface area contributed by atoms with Crippen LogP contribution in [0.25, 0.3) is 0 Å². The molecule has 2 N–H and O–H groups in total. The van der Waals surface area contributed by atoms with Gasteiger partial charge in [-0.3, -0.25) is 4.90 Å². The highest BCUT2D eigenvalue weighted by molar-refractivity contribution is 4.97. The first-order valence-electron chi connectivity index (χ1n) is 6.61. The van der Waals surface area contributed by atoms with E-state index in [9.17, 15) is 5.11 Å². The predicted octanol–water partition coefficient (Wildman–Crippen LogP) is 1.36. The van der Waals surface area contributed by atoms with Gasteiger partial charge in [0.25, 0.3) is 0 Å². The molecule has 1 aliphatic heterocycles. The quantitative estimate of drug-likeness (QED) is 0.709. The van der Waals surface area contributed by atoms with E-state index in [0.717, 1.165) is 13.1 Å². The van der Waals surface area contributed by atoms with Crippen LogP contribution in [0.4, 0.5) is 0 Å². The summed E-state index contributed by atoms with van der Waals surface area (Å²) < 4.78 is 0. The number of rotatable bonds is 1. The van der Waals surface area contributed by atoms with Gasteiger partial charge in [0, 0.05) is 31.2 Å². The predicted molar refractivity (Wildman–Crippen MR) is 66.5 cm³/mol. The van der Waals surface area contributed by atoms with Crippen LogP contribution in [0.5, 0.6) is 0 Å². The van der Waals surface area contributed by atoms with Crippen LogP contribution in [0.2, 0.25) is 0 Å². The van der Waals surface area contributed by atoms with Crippen molar-refractivity contribution in [1.82, 2.24) is 10.2 Å². The fourth-order valence-electron chi connectivity index (χ4n) is 3.22. The maximum atomic E-state index is 10.3. The monoisotopic (exact) mass is 226 g/mol. The Labute approximate surface area is 99.2 Å². The second kappa shape index (κ2) is 4.28. The minimum Gasteiger partial charge on any atom is -0.388 e. The lowest BCUT2D eigenvalue weighted by Crippen LogP contribution is -2.54. The minimum atomic E-state index is -0.587. The molecule has 1 atom stereocenters. The molecule has 1 heterocycles. The topological polar surface area (TPSA) is 35.5 Å². The van der Waals surface area contributed by atoms with Gasteiger partial charge >= 0.3 is 0 Å². The Morgan fingerprint density at radius 3 is 2.38 bits per heavy atom. The highest BCUT2D eigenvalue weighted by atomic mass is 16.3. The van der Waals surface area contributed by atoms with Gasteiger partial charge < -0.3 is 10.4 Å². The second-order valence-corrected chi connectivity index (χ2v) is 6.48. The summed E-state index contributed by atoms with van der Waals surface area (Å²) in [4.78, 5) is 2.54. The van der Waals surface area contributed by atoms with E-state index in [2.05, 4.69) is 24.1 Å². The highest BCUT2D eigenvalue weighted by Crippen LogP contribution is 2.31. The van der Waals surface area contributed by atoms with Crippen molar-refractivity contribution in [2.75, 3.05) is 19.6 Å². The summed E-state index contributed by atoms with van der Waals surface area (Å²) in [5.74, 6) is 0. The van der Waals surface area contributed by atoms with Crippen molar-refractivity contribution >= 4 is 0 Å². The molecule has 0 radical (unpaired) electrons. The lowest BCUT2D eigenvalue weighted by Gasteiger charge is -2.43. The Hall–Kier alpha value is -0.120. The SMILES string of the molecule is CC1(O)CNCC(C)(C)N(C2CCCC2)C1. The summed E-state index contributed by atoms with van der Waals surface area (Å²) in [6, 6.07) is 0.682. The van der Waals surface area contributed by atoms with E-state index >= 15 is 0 Å². The summed E-state index contributed by atoms with van der Waals surface area (Å²) in [6.07, 6.45) is 5.32. The van der Waals surface area contributed by atoms with Gasteiger partial charge in [-0.15, -0.1) is 0 Å². The molecule has 0 amide bonds. The van der Waals surface area contributed by atoms with Crippen LogP contribution in [0.3, 0.4) is 0 Å². The minimum absolute atomic E-state index is 0.162. The average molecular weight is 226 g/mol. The van der Waals surface area contributed by atoms with Crippen molar-refractivity contribution in [3.8, 4) is 0 Å². The van der Waals surface area contributed by atoms with Gasteiger partial charge in [0.05, 0.1) is 5.60 Å². The molecule has 2 rings (SSSR count). The average Bonchev–Trinajstić information content (AvgIpc) is 2.62. The van der Waals surface area contributed by atoms with E-state index in [1.807, 2.05) is 6.92 Å². The smallest absolute Gasteiger partial charge is 0.0870 e. The summed E-state index contributed by atoms with van der Waals surface area (Å²) in [5, 5.41) is 13.7. The molecule has 3 nitrogen and oxygen atoms in total. The van der Waals surface area contributed by atoms with Gasteiger partial charge in [-0.1, -0.05) is 12.8 Å². The van der Waals surface area contributed by atoms with Gasteiger partial charge in [0.1, 0.15) is 0 Å². The molecule has 2 aliphatic rings. The molecule has 16 heavy (non-hydrogen) atoms. The van der Waals surface area contributed by atoms with Gasteiger partial charge in [0.2, 0.25) is 0 Å². The standard InChI is InChI=1S/C13H26N2O/c1-12(2)8-14-9-13(3,16)10-15(12)11-6-4-5-7-11/h11,14,16H,4-10H2,1-3H3. The first-order chi connectivity index (χ1) is 7.41. The summed E-state index contributed by atoms with van der Waals surface area (Å²) in [7, 11) is 0. The van der Waals surface area contributed by atoms with Crippen LogP contribution in [0.15, 0.2) is 0 Å². The third kappa shape index (κ3) is 2.58. The third-order valence-electron chi connectivity index (χ3n) is 4.12. The van der Waals surface area contributed by atoms with Crippen LogP contribution in [0.1, 0.15) is 46.5 Å². The number of nitrogens with zero attached hydrogens (tertiary/aromatic N) is 1. The van der Waals surface area contributed by atoms with Crippen molar-refractivity contribution in [3.05, 3.63) is 0 Å². The van der Waals surface area contributed by atoms with E-state index < -0.39 is 5.60 Å². The Morgan fingerprint density at radius 2 is 1.75 bits per heavy atom. The van der Waals surface area contributed by atoms with Crippen LogP contribution < -0.4 is 5.32 Å². The zero-order valence-corrected chi connectivity index (χ0v) is 10.9. The van der Waals surface area contributed by atoms with Gasteiger partial charge in [-0.05, 0) is 33.6 Å². The third-order valence-corrected chi connectivity index (χ3v) is 4.12. The molecule has 3 heteroatoms. The molecule has 1 aliphatic carbocycles. The molecule has 1 unspecified atom stereocenters. The summed E-state index contributed by atoms with van der Waals surface area (Å²) in [5.41, 5.74) is -0.425. The number of hydrogen-bond acceptors (Lipinski definition) is 3. The number of hydrogen-bond donors (Lipinski definition) is 2. The molecule has 1 saturated heterocycles. The van der Waals surface area contributed by atoms with Crippen molar-refractivity contribution in [2.24, 2.45) is 0 Å². The Kier molecular flexibility index (Phi) is 3.30. The van der Waals surface area contributed by atoms with Crippen molar-refractivity contribution in [2.45, 2.75) is 63.6 Å². The Morgan fingerprint density at radius 1 is 1.12 bits per heavy atom. The Bertz CT molecular complexity index is 244. The molecule has 94 valence electrons. The first-order valence-corrected chi connectivity index (χ1v) is 6.61. The highest BCUT2D eigenvalue weighted by Gasteiger charge is 2.40. The molecule has 0 aromatic carbocycles. The Balaban J connectivity index is 2.15. The van der Waals surface area contributed by atoms with E-state index in [1.54, 1.807) is 0 Å². The zero-order chi connectivity index (χ0) is 11.8. The first kappa shape index (κ1) is 12.3. The van der Waals surface area contributed by atoms with Crippen molar-refractivity contribution < 1.29 is 5.11 Å². The van der Waals surface area contributed by atoms with Crippen molar-refractivity contribution in [1.29, 1.82) is 0 Å². The fraction of sp³-hybridized carbons (Fsp3) is 1.00. The zero-order valence-electron chi connectivity index (χ0n) is 10.9. The number of aliphatic hydroxyl groups is 1. The number of nitrogens with one attached hydrogen (secondary N) is 1. The molecule has 0 bridgehead atoms. The lowest BCUT2D eigenvalue weighted by atomic mass is 9.97.